The average molecular weight is 296 g/mol. The summed E-state index contributed by atoms with van der Waals surface area (Å²) in [7, 11) is -0.106. The molecular weight excluding hydrogens is 283 g/mol. The molecule has 2 aromatic heterocycles. The normalized spacial score (nSPS) is 24.4. The summed E-state index contributed by atoms with van der Waals surface area (Å²) < 4.78 is 20.2. The van der Waals surface area contributed by atoms with Crippen molar-refractivity contribution in [2.75, 3.05) is 25.4 Å². The number of aromatic nitrogens is 4. The van der Waals surface area contributed by atoms with Gasteiger partial charge < -0.3 is 15.6 Å². The van der Waals surface area contributed by atoms with Crippen molar-refractivity contribution in [3.63, 3.8) is 0 Å². The molecule has 0 spiro atoms. The Kier molecular flexibility index (Phi) is 3.58. The third-order valence-electron chi connectivity index (χ3n) is 3.15. The van der Waals surface area contributed by atoms with Gasteiger partial charge in [-0.1, -0.05) is 0 Å². The maximum Gasteiger partial charge on any atom is 0.249 e. The van der Waals surface area contributed by atoms with Crippen LogP contribution >= 0.6 is 8.61 Å². The zero-order valence-electron chi connectivity index (χ0n) is 10.5. The second-order valence-electron chi connectivity index (χ2n) is 4.43. The van der Waals surface area contributed by atoms with Gasteiger partial charge in [-0.15, -0.1) is 0 Å². The Balaban J connectivity index is 1.97. The van der Waals surface area contributed by atoms with Crippen LogP contribution < -0.4 is 5.73 Å². The number of nitrogen functional groups attached to an aromatic ring is 1. The highest BCUT2D eigenvalue weighted by atomic mass is 31.1. The molecule has 0 aromatic carbocycles. The Bertz CT molecular complexity index is 634. The maximum absolute atomic E-state index is 11.1. The smallest absolute Gasteiger partial charge is 0.249 e. The fraction of sp³-hybridized carbons (Fsp3) is 0.500. The molecule has 3 heterocycles. The Morgan fingerprint density at radius 2 is 2.30 bits per heavy atom. The Morgan fingerprint density at radius 1 is 1.45 bits per heavy atom. The molecule has 0 radical (unpaired) electrons. The van der Waals surface area contributed by atoms with E-state index in [2.05, 4.69) is 15.0 Å². The topological polar surface area (TPSA) is 119 Å². The van der Waals surface area contributed by atoms with E-state index in [1.165, 1.54) is 6.33 Å². The second-order valence-corrected chi connectivity index (χ2v) is 5.16. The number of rotatable bonds is 3. The van der Waals surface area contributed by atoms with Crippen molar-refractivity contribution in [1.82, 2.24) is 24.2 Å². The summed E-state index contributed by atoms with van der Waals surface area (Å²) in [6.45, 7) is 0.658. The van der Waals surface area contributed by atoms with Gasteiger partial charge >= 0.3 is 0 Å². The van der Waals surface area contributed by atoms with Crippen molar-refractivity contribution >= 4 is 25.6 Å². The van der Waals surface area contributed by atoms with E-state index in [0.29, 0.717) is 30.1 Å². The summed E-state index contributed by atoms with van der Waals surface area (Å²) in [4.78, 5) is 12.2. The molecule has 9 nitrogen and oxygen atoms in total. The van der Waals surface area contributed by atoms with E-state index in [9.17, 15) is 9.67 Å². The van der Waals surface area contributed by atoms with Crippen molar-refractivity contribution in [2.24, 2.45) is 0 Å². The molecule has 1 saturated heterocycles. The van der Waals surface area contributed by atoms with Crippen LogP contribution in [0.15, 0.2) is 12.7 Å². The molecule has 3 N–H and O–H groups in total. The van der Waals surface area contributed by atoms with Gasteiger partial charge in [-0.3, -0.25) is 9.13 Å². The van der Waals surface area contributed by atoms with Crippen molar-refractivity contribution in [1.29, 1.82) is 0 Å². The quantitative estimate of drug-likeness (QED) is 0.748. The number of imidazole rings is 1. The molecule has 0 aliphatic carbocycles. The van der Waals surface area contributed by atoms with Crippen LogP contribution in [0, 0.1) is 0 Å². The first kappa shape index (κ1) is 13.3. The minimum atomic E-state index is -0.443. The van der Waals surface area contributed by atoms with E-state index < -0.39 is 12.3 Å². The summed E-state index contributed by atoms with van der Waals surface area (Å²) >= 11 is 0. The number of aliphatic hydroxyl groups excluding tert-OH is 1. The van der Waals surface area contributed by atoms with Crippen molar-refractivity contribution in [2.45, 2.75) is 12.3 Å². The zero-order chi connectivity index (χ0) is 14.1. The lowest BCUT2D eigenvalue weighted by molar-refractivity contribution is -0.114. The van der Waals surface area contributed by atoms with Crippen molar-refractivity contribution in [3.8, 4) is 0 Å². The number of anilines is 1. The van der Waals surface area contributed by atoms with Gasteiger partial charge in [0.1, 0.15) is 11.8 Å². The number of aliphatic hydroxyl groups is 1. The van der Waals surface area contributed by atoms with Gasteiger partial charge in [0, 0.05) is 6.54 Å². The first-order valence-electron chi connectivity index (χ1n) is 6.00. The predicted molar refractivity (Wildman–Crippen MR) is 69.9 cm³/mol. The molecule has 106 valence electrons. The fourth-order valence-corrected chi connectivity index (χ4v) is 2.66. The summed E-state index contributed by atoms with van der Waals surface area (Å²) in [6.07, 6.45) is 2.06. The van der Waals surface area contributed by atoms with Gasteiger partial charge in [-0.05, 0) is 0 Å². The van der Waals surface area contributed by atoms with E-state index in [0.717, 1.165) is 0 Å². The number of nitrogens with two attached hydrogens (primary N) is 1. The standard InChI is InChI=1S/C10H13N6O3P/c11-9-8-10(13-4-12-9)16(5-14-8)7-2-15(20-18)1-6(3-17)19-7/h4-7,17H,1-3H2,(H2,11,12,13)/t6-,7+/m0/s1. The number of morpholine rings is 1. The number of fused-ring (bicyclic) bond motifs is 1. The van der Waals surface area contributed by atoms with Gasteiger partial charge in [-0.25, -0.2) is 19.6 Å². The zero-order valence-corrected chi connectivity index (χ0v) is 11.3. The highest BCUT2D eigenvalue weighted by molar-refractivity contribution is 7.20. The van der Waals surface area contributed by atoms with Crippen LogP contribution in [-0.2, 0) is 9.30 Å². The Hall–Kier alpha value is -1.67. The molecular formula is C10H13N6O3P. The van der Waals surface area contributed by atoms with Crippen molar-refractivity contribution in [3.05, 3.63) is 12.7 Å². The third kappa shape index (κ3) is 2.25. The Labute approximate surface area is 115 Å². The van der Waals surface area contributed by atoms with Crippen LogP contribution in [0.4, 0.5) is 5.82 Å². The van der Waals surface area contributed by atoms with E-state index in [-0.39, 0.29) is 15.2 Å². The molecule has 2 atom stereocenters. The molecule has 0 amide bonds. The number of ether oxygens (including phenoxy) is 1. The molecule has 2 aromatic rings. The largest absolute Gasteiger partial charge is 0.394 e. The molecule has 0 bridgehead atoms. The molecule has 1 aliphatic heterocycles. The molecule has 1 fully saturated rings. The summed E-state index contributed by atoms with van der Waals surface area (Å²) in [5.74, 6) is 0.294. The minimum Gasteiger partial charge on any atom is -0.394 e. The SMILES string of the molecule is Nc1ncnc2c1ncn2[C@H]1CN(P=O)C[C@@H](CO)O1. The number of hydrogen-bond donors (Lipinski definition) is 2. The monoisotopic (exact) mass is 296 g/mol. The van der Waals surface area contributed by atoms with Crippen LogP contribution in [-0.4, -0.2) is 55.1 Å². The van der Waals surface area contributed by atoms with Crippen LogP contribution in [0.25, 0.3) is 11.2 Å². The highest BCUT2D eigenvalue weighted by Crippen LogP contribution is 2.27. The predicted octanol–water partition coefficient (Wildman–Crippen LogP) is -0.193. The lowest BCUT2D eigenvalue weighted by Crippen LogP contribution is -2.43. The molecule has 1 aliphatic rings. The maximum atomic E-state index is 11.1. The number of hydrogen-bond acceptors (Lipinski definition) is 7. The lowest BCUT2D eigenvalue weighted by atomic mass is 10.3. The summed E-state index contributed by atoms with van der Waals surface area (Å²) in [6, 6.07) is 0. The Morgan fingerprint density at radius 3 is 3.05 bits per heavy atom. The fourth-order valence-electron chi connectivity index (χ4n) is 2.20. The van der Waals surface area contributed by atoms with Crippen LogP contribution in [0.2, 0.25) is 0 Å². The van der Waals surface area contributed by atoms with Gasteiger partial charge in [0.2, 0.25) is 8.61 Å². The minimum absolute atomic E-state index is 0.106. The van der Waals surface area contributed by atoms with Crippen LogP contribution in [0.1, 0.15) is 6.23 Å². The van der Waals surface area contributed by atoms with Gasteiger partial charge in [0.25, 0.3) is 0 Å². The molecule has 20 heavy (non-hydrogen) atoms. The lowest BCUT2D eigenvalue weighted by Gasteiger charge is -2.34. The molecule has 0 unspecified atom stereocenters. The highest BCUT2D eigenvalue weighted by Gasteiger charge is 2.30. The van der Waals surface area contributed by atoms with Gasteiger partial charge in [0.05, 0.1) is 25.6 Å². The van der Waals surface area contributed by atoms with E-state index in [4.69, 9.17) is 10.5 Å². The summed E-state index contributed by atoms with van der Waals surface area (Å²) in [5, 5.41) is 9.25. The molecule has 3 rings (SSSR count). The first-order chi connectivity index (χ1) is 9.72. The van der Waals surface area contributed by atoms with E-state index >= 15 is 0 Å². The van der Waals surface area contributed by atoms with Crippen molar-refractivity contribution < 1.29 is 14.4 Å². The van der Waals surface area contributed by atoms with E-state index in [1.54, 1.807) is 15.6 Å². The van der Waals surface area contributed by atoms with E-state index in [1.807, 2.05) is 0 Å². The first-order valence-corrected chi connectivity index (χ1v) is 6.77. The molecule has 10 heteroatoms. The third-order valence-corrected chi connectivity index (χ3v) is 3.70. The van der Waals surface area contributed by atoms with Gasteiger partial charge in [0.15, 0.2) is 17.7 Å². The number of nitrogens with zero attached hydrogens (tertiary/aromatic N) is 5. The van der Waals surface area contributed by atoms with Gasteiger partial charge in [-0.2, -0.15) is 0 Å². The molecule has 0 saturated carbocycles. The van der Waals surface area contributed by atoms with Crippen LogP contribution in [0.3, 0.4) is 0 Å². The summed E-state index contributed by atoms with van der Waals surface area (Å²) in [5.41, 5.74) is 6.78. The average Bonchev–Trinajstić information content (AvgIpc) is 2.92. The second kappa shape index (κ2) is 5.37. The van der Waals surface area contributed by atoms with Crippen LogP contribution in [0.5, 0.6) is 0 Å².